The van der Waals surface area contributed by atoms with E-state index in [9.17, 15) is 4.79 Å². The molecule has 2 aromatic heterocycles. The summed E-state index contributed by atoms with van der Waals surface area (Å²) in [6, 6.07) is 4.00. The van der Waals surface area contributed by atoms with Crippen LogP contribution in [0.15, 0.2) is 18.3 Å². The third-order valence-electron chi connectivity index (χ3n) is 3.45. The van der Waals surface area contributed by atoms with Crippen molar-refractivity contribution in [2.24, 2.45) is 0 Å². The van der Waals surface area contributed by atoms with Gasteiger partial charge in [0.1, 0.15) is 0 Å². The molecule has 0 aromatic carbocycles. The van der Waals surface area contributed by atoms with Gasteiger partial charge in [-0.3, -0.25) is 14.2 Å². The number of aromatic nitrogens is 4. The molecule has 2 aromatic rings. The zero-order valence-corrected chi connectivity index (χ0v) is 13.0. The zero-order valence-electron chi connectivity index (χ0n) is 13.0. The van der Waals surface area contributed by atoms with E-state index in [-0.39, 0.29) is 5.91 Å². The van der Waals surface area contributed by atoms with Crippen LogP contribution >= 0.6 is 0 Å². The third-order valence-corrected chi connectivity index (χ3v) is 3.45. The molecule has 0 bridgehead atoms. The summed E-state index contributed by atoms with van der Waals surface area (Å²) in [6.07, 6.45) is 3.14. The van der Waals surface area contributed by atoms with Gasteiger partial charge in [-0.25, -0.2) is 0 Å². The van der Waals surface area contributed by atoms with E-state index >= 15 is 0 Å². The molecule has 6 heteroatoms. The Bertz CT molecular complexity index is 599. The van der Waals surface area contributed by atoms with E-state index in [2.05, 4.69) is 15.5 Å². The molecule has 0 aliphatic heterocycles. The van der Waals surface area contributed by atoms with Crippen molar-refractivity contribution in [1.29, 1.82) is 0 Å². The highest BCUT2D eigenvalue weighted by Gasteiger charge is 2.05. The van der Waals surface area contributed by atoms with E-state index in [1.54, 1.807) is 6.20 Å². The fourth-order valence-corrected chi connectivity index (χ4v) is 2.29. The van der Waals surface area contributed by atoms with Crippen LogP contribution in [0.4, 0.5) is 0 Å². The summed E-state index contributed by atoms with van der Waals surface area (Å²) in [4.78, 5) is 11.8. The molecule has 0 aliphatic rings. The molecule has 0 radical (unpaired) electrons. The normalized spacial score (nSPS) is 10.8. The maximum atomic E-state index is 11.8. The van der Waals surface area contributed by atoms with E-state index in [1.165, 1.54) is 0 Å². The first-order chi connectivity index (χ1) is 10.1. The van der Waals surface area contributed by atoms with Crippen molar-refractivity contribution in [3.63, 3.8) is 0 Å². The van der Waals surface area contributed by atoms with Gasteiger partial charge in [0.2, 0.25) is 5.91 Å². The molecule has 0 saturated heterocycles. The van der Waals surface area contributed by atoms with Crippen LogP contribution in [-0.4, -0.2) is 32.0 Å². The number of rotatable bonds is 7. The van der Waals surface area contributed by atoms with Crippen LogP contribution in [0.1, 0.15) is 29.9 Å². The van der Waals surface area contributed by atoms with Gasteiger partial charge in [0.15, 0.2) is 0 Å². The minimum atomic E-state index is 0.0692. The number of nitrogens with zero attached hydrogens (tertiary/aromatic N) is 4. The molecule has 2 heterocycles. The van der Waals surface area contributed by atoms with Crippen LogP contribution in [0, 0.1) is 20.8 Å². The van der Waals surface area contributed by atoms with E-state index in [4.69, 9.17) is 0 Å². The average molecular weight is 289 g/mol. The van der Waals surface area contributed by atoms with Gasteiger partial charge in [-0.1, -0.05) is 0 Å². The van der Waals surface area contributed by atoms with Crippen LogP contribution in [0.5, 0.6) is 0 Å². The Kier molecular flexibility index (Phi) is 5.14. The highest BCUT2D eigenvalue weighted by molar-refractivity contribution is 5.75. The molecule has 0 spiro atoms. The Morgan fingerprint density at radius 3 is 2.62 bits per heavy atom. The monoisotopic (exact) mass is 289 g/mol. The van der Waals surface area contributed by atoms with Gasteiger partial charge in [-0.2, -0.15) is 10.2 Å². The molecule has 1 N–H and O–H groups in total. The minimum Gasteiger partial charge on any atom is -0.356 e. The first kappa shape index (κ1) is 15.3. The second-order valence-corrected chi connectivity index (χ2v) is 5.30. The van der Waals surface area contributed by atoms with Gasteiger partial charge < -0.3 is 5.32 Å². The van der Waals surface area contributed by atoms with Crippen molar-refractivity contribution in [1.82, 2.24) is 24.9 Å². The summed E-state index contributed by atoms with van der Waals surface area (Å²) < 4.78 is 3.82. The van der Waals surface area contributed by atoms with Crippen molar-refractivity contribution in [3.05, 3.63) is 35.4 Å². The largest absolute Gasteiger partial charge is 0.356 e. The molecule has 1 amide bonds. The van der Waals surface area contributed by atoms with Crippen LogP contribution in [-0.2, 0) is 17.9 Å². The number of hydrogen-bond acceptors (Lipinski definition) is 3. The molecule has 0 fully saturated rings. The van der Waals surface area contributed by atoms with Gasteiger partial charge in [0.05, 0.1) is 5.69 Å². The lowest BCUT2D eigenvalue weighted by Gasteiger charge is -2.07. The fourth-order valence-electron chi connectivity index (χ4n) is 2.29. The maximum Gasteiger partial charge on any atom is 0.221 e. The molecule has 0 atom stereocenters. The van der Waals surface area contributed by atoms with Crippen LogP contribution in [0.25, 0.3) is 0 Å². The van der Waals surface area contributed by atoms with Crippen molar-refractivity contribution in [2.45, 2.75) is 46.7 Å². The number of carbonyl (C=O) groups is 1. The van der Waals surface area contributed by atoms with Crippen molar-refractivity contribution >= 4 is 5.91 Å². The van der Waals surface area contributed by atoms with Crippen LogP contribution in [0.3, 0.4) is 0 Å². The summed E-state index contributed by atoms with van der Waals surface area (Å²) in [5, 5.41) is 11.5. The Labute approximate surface area is 125 Å². The summed E-state index contributed by atoms with van der Waals surface area (Å²) in [5.74, 6) is 0.0692. The number of hydrogen-bond donors (Lipinski definition) is 1. The minimum absolute atomic E-state index is 0.0692. The third kappa shape index (κ3) is 4.44. The highest BCUT2D eigenvalue weighted by Crippen LogP contribution is 2.02. The van der Waals surface area contributed by atoms with Crippen LogP contribution < -0.4 is 5.32 Å². The predicted octanol–water partition coefficient (Wildman–Crippen LogP) is 1.60. The van der Waals surface area contributed by atoms with Gasteiger partial charge in [-0.05, 0) is 39.3 Å². The smallest absolute Gasteiger partial charge is 0.221 e. The molecule has 21 heavy (non-hydrogen) atoms. The molecular weight excluding hydrogens is 266 g/mol. The fraction of sp³-hybridized carbons (Fsp3) is 0.533. The molecule has 0 unspecified atom stereocenters. The Morgan fingerprint density at radius 2 is 2.00 bits per heavy atom. The molecule has 0 saturated carbocycles. The standard InChI is InChI=1S/C15H23N5O/c1-12-11-14(3)20(18-12)10-6-15(21)16-7-4-9-19-13(2)5-8-17-19/h5,8,11H,4,6-7,9-10H2,1-3H3,(H,16,21). The van der Waals surface area contributed by atoms with Gasteiger partial charge in [-0.15, -0.1) is 0 Å². The first-order valence-corrected chi connectivity index (χ1v) is 7.32. The number of nitrogens with one attached hydrogen (secondary N) is 1. The van der Waals surface area contributed by atoms with Crippen molar-refractivity contribution < 1.29 is 4.79 Å². The molecular formula is C15H23N5O. The van der Waals surface area contributed by atoms with E-state index in [1.807, 2.05) is 42.3 Å². The Balaban J connectivity index is 1.64. The van der Waals surface area contributed by atoms with E-state index in [0.29, 0.717) is 19.5 Å². The number of carbonyl (C=O) groups excluding carboxylic acids is 1. The Morgan fingerprint density at radius 1 is 1.19 bits per heavy atom. The molecule has 2 rings (SSSR count). The van der Waals surface area contributed by atoms with E-state index in [0.717, 1.165) is 30.0 Å². The number of aryl methyl sites for hydroxylation is 5. The van der Waals surface area contributed by atoms with Crippen molar-refractivity contribution in [2.75, 3.05) is 6.54 Å². The Hall–Kier alpha value is -2.11. The highest BCUT2D eigenvalue weighted by atomic mass is 16.1. The van der Waals surface area contributed by atoms with Gasteiger partial charge in [0.25, 0.3) is 0 Å². The summed E-state index contributed by atoms with van der Waals surface area (Å²) in [6.45, 7) is 8.13. The number of amides is 1. The predicted molar refractivity (Wildman–Crippen MR) is 80.9 cm³/mol. The SMILES string of the molecule is Cc1cc(C)n(CCC(=O)NCCCn2nccc2C)n1. The topological polar surface area (TPSA) is 64.7 Å². The summed E-state index contributed by atoms with van der Waals surface area (Å²) >= 11 is 0. The quantitative estimate of drug-likeness (QED) is 0.787. The lowest BCUT2D eigenvalue weighted by atomic mass is 10.3. The van der Waals surface area contributed by atoms with E-state index < -0.39 is 0 Å². The van der Waals surface area contributed by atoms with Crippen LogP contribution in [0.2, 0.25) is 0 Å². The lowest BCUT2D eigenvalue weighted by Crippen LogP contribution is -2.26. The molecule has 0 aliphatic carbocycles. The summed E-state index contributed by atoms with van der Waals surface area (Å²) in [5.41, 5.74) is 3.22. The first-order valence-electron chi connectivity index (χ1n) is 7.32. The van der Waals surface area contributed by atoms with Gasteiger partial charge >= 0.3 is 0 Å². The van der Waals surface area contributed by atoms with Gasteiger partial charge in [0, 0.05) is 43.6 Å². The zero-order chi connectivity index (χ0) is 15.2. The average Bonchev–Trinajstić information content (AvgIpc) is 2.98. The molecule has 114 valence electrons. The summed E-state index contributed by atoms with van der Waals surface area (Å²) in [7, 11) is 0. The second kappa shape index (κ2) is 7.06. The second-order valence-electron chi connectivity index (χ2n) is 5.30. The molecule has 6 nitrogen and oxygen atoms in total. The lowest BCUT2D eigenvalue weighted by molar-refractivity contribution is -0.121. The maximum absolute atomic E-state index is 11.8. The van der Waals surface area contributed by atoms with Crippen molar-refractivity contribution in [3.8, 4) is 0 Å².